The lowest BCUT2D eigenvalue weighted by Crippen LogP contribution is -2.48. The van der Waals surface area contributed by atoms with Crippen LogP contribution in [0.25, 0.3) is 0 Å². The van der Waals surface area contributed by atoms with Crippen molar-refractivity contribution in [3.05, 3.63) is 33.8 Å². The molecule has 4 heteroatoms. The van der Waals surface area contributed by atoms with Crippen molar-refractivity contribution in [3.63, 3.8) is 0 Å². The van der Waals surface area contributed by atoms with Gasteiger partial charge < -0.3 is 10.1 Å². The molecule has 1 aromatic carbocycles. The molecule has 0 amide bonds. The quantitative estimate of drug-likeness (QED) is 0.829. The fraction of sp³-hybridized carbons (Fsp3) is 0.625. The van der Waals surface area contributed by atoms with E-state index in [1.54, 1.807) is 0 Å². The second kappa shape index (κ2) is 7.65. The Balaban J connectivity index is 2.97. The Bertz CT molecular complexity index is 429. The van der Waals surface area contributed by atoms with E-state index >= 15 is 0 Å². The predicted molar refractivity (Wildman–Crippen MR) is 87.9 cm³/mol. The molecule has 2 nitrogen and oxygen atoms in total. The highest BCUT2D eigenvalue weighted by molar-refractivity contribution is 6.33. The Kier molecular flexibility index (Phi) is 6.80. The molecule has 0 heterocycles. The molecule has 0 fully saturated rings. The summed E-state index contributed by atoms with van der Waals surface area (Å²) in [7, 11) is 1.96. The minimum Gasteiger partial charge on any atom is -0.376 e. The summed E-state index contributed by atoms with van der Waals surface area (Å²) >= 11 is 12.3. The van der Waals surface area contributed by atoms with Gasteiger partial charge in [-0.25, -0.2) is 0 Å². The molecular weight excluding hydrogens is 293 g/mol. The molecule has 0 aliphatic heterocycles. The van der Waals surface area contributed by atoms with Crippen molar-refractivity contribution >= 4 is 23.2 Å². The third kappa shape index (κ3) is 4.92. The summed E-state index contributed by atoms with van der Waals surface area (Å²) in [5, 5.41) is 4.82. The SMILES string of the molecule is CCOC(C(Cc1cc(Cl)ccc1Cl)NC)C(C)(C)C. The van der Waals surface area contributed by atoms with E-state index in [-0.39, 0.29) is 17.6 Å². The number of hydrogen-bond acceptors (Lipinski definition) is 2. The molecule has 0 saturated carbocycles. The monoisotopic (exact) mass is 317 g/mol. The Morgan fingerprint density at radius 3 is 2.40 bits per heavy atom. The predicted octanol–water partition coefficient (Wildman–Crippen LogP) is 4.58. The van der Waals surface area contributed by atoms with E-state index in [4.69, 9.17) is 27.9 Å². The van der Waals surface area contributed by atoms with E-state index < -0.39 is 0 Å². The molecule has 20 heavy (non-hydrogen) atoms. The summed E-state index contributed by atoms with van der Waals surface area (Å²) in [4.78, 5) is 0. The number of likely N-dealkylation sites (N-methyl/N-ethyl adjacent to an activating group) is 1. The van der Waals surface area contributed by atoms with Crippen molar-refractivity contribution in [3.8, 4) is 0 Å². The smallest absolute Gasteiger partial charge is 0.0779 e. The molecule has 2 atom stereocenters. The van der Waals surface area contributed by atoms with Crippen LogP contribution >= 0.6 is 23.2 Å². The van der Waals surface area contributed by atoms with Crippen molar-refractivity contribution in [2.75, 3.05) is 13.7 Å². The van der Waals surface area contributed by atoms with Crippen molar-refractivity contribution in [2.45, 2.75) is 46.3 Å². The van der Waals surface area contributed by atoms with Crippen molar-refractivity contribution in [1.82, 2.24) is 5.32 Å². The van der Waals surface area contributed by atoms with Crippen molar-refractivity contribution in [1.29, 1.82) is 0 Å². The van der Waals surface area contributed by atoms with Gasteiger partial charge in [-0.15, -0.1) is 0 Å². The molecule has 0 aliphatic carbocycles. The molecule has 1 rings (SSSR count). The fourth-order valence-corrected chi connectivity index (χ4v) is 2.84. The van der Waals surface area contributed by atoms with Crippen LogP contribution in [0.1, 0.15) is 33.3 Å². The van der Waals surface area contributed by atoms with Crippen LogP contribution in [-0.4, -0.2) is 25.8 Å². The van der Waals surface area contributed by atoms with E-state index in [1.807, 2.05) is 32.2 Å². The zero-order valence-electron chi connectivity index (χ0n) is 13.0. The number of benzene rings is 1. The number of hydrogen-bond donors (Lipinski definition) is 1. The number of ether oxygens (including phenoxy) is 1. The van der Waals surface area contributed by atoms with Gasteiger partial charge in [0.25, 0.3) is 0 Å². The lowest BCUT2D eigenvalue weighted by atomic mass is 9.82. The lowest BCUT2D eigenvalue weighted by molar-refractivity contribution is -0.0340. The van der Waals surface area contributed by atoms with Gasteiger partial charge >= 0.3 is 0 Å². The third-order valence-corrected chi connectivity index (χ3v) is 3.99. The highest BCUT2D eigenvalue weighted by Crippen LogP contribution is 2.29. The van der Waals surface area contributed by atoms with E-state index in [1.165, 1.54) is 0 Å². The second-order valence-electron chi connectivity index (χ2n) is 6.08. The molecule has 0 bridgehead atoms. The second-order valence-corrected chi connectivity index (χ2v) is 6.92. The first-order valence-electron chi connectivity index (χ1n) is 7.02. The van der Waals surface area contributed by atoms with Crippen LogP contribution < -0.4 is 5.32 Å². The summed E-state index contributed by atoms with van der Waals surface area (Å²) in [5.74, 6) is 0. The molecule has 0 radical (unpaired) electrons. The lowest BCUT2D eigenvalue weighted by Gasteiger charge is -2.37. The molecule has 2 unspecified atom stereocenters. The number of rotatable bonds is 6. The molecular formula is C16H25Cl2NO. The van der Waals surface area contributed by atoms with Gasteiger partial charge in [-0.2, -0.15) is 0 Å². The van der Waals surface area contributed by atoms with Crippen LogP contribution in [0.2, 0.25) is 10.0 Å². The maximum absolute atomic E-state index is 6.27. The van der Waals surface area contributed by atoms with Gasteiger partial charge in [-0.1, -0.05) is 44.0 Å². The molecule has 0 aromatic heterocycles. The third-order valence-electron chi connectivity index (χ3n) is 3.38. The molecule has 1 N–H and O–H groups in total. The van der Waals surface area contributed by atoms with E-state index in [9.17, 15) is 0 Å². The van der Waals surface area contributed by atoms with Crippen LogP contribution in [0, 0.1) is 5.41 Å². The molecule has 0 spiro atoms. The zero-order valence-corrected chi connectivity index (χ0v) is 14.5. The summed E-state index contributed by atoms with van der Waals surface area (Å²) in [5.41, 5.74) is 1.10. The normalized spacial score (nSPS) is 15.2. The van der Waals surface area contributed by atoms with Crippen LogP contribution in [0.3, 0.4) is 0 Å². The first-order chi connectivity index (χ1) is 9.29. The Morgan fingerprint density at radius 2 is 1.90 bits per heavy atom. The first-order valence-corrected chi connectivity index (χ1v) is 7.78. The van der Waals surface area contributed by atoms with E-state index in [0.29, 0.717) is 11.6 Å². The van der Waals surface area contributed by atoms with Crippen molar-refractivity contribution in [2.24, 2.45) is 5.41 Å². The van der Waals surface area contributed by atoms with Crippen LogP contribution in [-0.2, 0) is 11.2 Å². The Hall–Kier alpha value is -0.280. The van der Waals surface area contributed by atoms with Gasteiger partial charge in [-0.05, 0) is 49.6 Å². The summed E-state index contributed by atoms with van der Waals surface area (Å²) < 4.78 is 5.96. The first kappa shape index (κ1) is 17.8. The molecule has 114 valence electrons. The van der Waals surface area contributed by atoms with E-state index in [0.717, 1.165) is 17.0 Å². The highest BCUT2D eigenvalue weighted by Gasteiger charge is 2.32. The zero-order chi connectivity index (χ0) is 15.3. The summed E-state index contributed by atoms with van der Waals surface area (Å²) in [6.07, 6.45) is 0.894. The Labute approximate surface area is 132 Å². The minimum atomic E-state index is 0.0503. The van der Waals surface area contributed by atoms with Gasteiger partial charge in [-0.3, -0.25) is 0 Å². The van der Waals surface area contributed by atoms with Crippen LogP contribution in [0.5, 0.6) is 0 Å². The van der Waals surface area contributed by atoms with Crippen LogP contribution in [0.4, 0.5) is 0 Å². The van der Waals surface area contributed by atoms with Gasteiger partial charge in [0, 0.05) is 22.7 Å². The number of halogens is 2. The van der Waals surface area contributed by atoms with Gasteiger partial charge in [0.1, 0.15) is 0 Å². The van der Waals surface area contributed by atoms with Crippen LogP contribution in [0.15, 0.2) is 18.2 Å². The van der Waals surface area contributed by atoms with Crippen molar-refractivity contribution < 1.29 is 4.74 Å². The largest absolute Gasteiger partial charge is 0.376 e. The average Bonchev–Trinajstić information content (AvgIpc) is 2.36. The number of nitrogens with one attached hydrogen (secondary N) is 1. The summed E-state index contributed by atoms with van der Waals surface area (Å²) in [6, 6.07) is 5.77. The van der Waals surface area contributed by atoms with Gasteiger partial charge in [0.05, 0.1) is 6.10 Å². The van der Waals surface area contributed by atoms with Gasteiger partial charge in [0.15, 0.2) is 0 Å². The topological polar surface area (TPSA) is 21.3 Å². The Morgan fingerprint density at radius 1 is 1.25 bits per heavy atom. The maximum Gasteiger partial charge on any atom is 0.0779 e. The highest BCUT2D eigenvalue weighted by atomic mass is 35.5. The molecule has 0 aliphatic rings. The molecule has 1 aromatic rings. The van der Waals surface area contributed by atoms with Gasteiger partial charge in [0.2, 0.25) is 0 Å². The maximum atomic E-state index is 6.27. The summed E-state index contributed by atoms with van der Waals surface area (Å²) in [6.45, 7) is 9.30. The average molecular weight is 318 g/mol. The standard InChI is InChI=1S/C16H25Cl2NO/c1-6-20-15(16(2,3)4)14(19-5)10-11-9-12(17)7-8-13(11)18/h7-9,14-15,19H,6,10H2,1-5H3. The molecule has 0 saturated heterocycles. The minimum absolute atomic E-state index is 0.0503. The van der Waals surface area contributed by atoms with E-state index in [2.05, 4.69) is 26.1 Å². The fourth-order valence-electron chi connectivity index (χ4n) is 2.45.